The molecule has 1 aliphatic heterocycles. The van der Waals surface area contributed by atoms with Crippen LogP contribution in [0.5, 0.6) is 5.75 Å². The first-order chi connectivity index (χ1) is 20.4. The maximum Gasteiger partial charge on any atom is 0.261 e. The summed E-state index contributed by atoms with van der Waals surface area (Å²) in [5.74, 6) is 2.85. The van der Waals surface area contributed by atoms with Crippen LogP contribution in [0.1, 0.15) is 58.9 Å². The van der Waals surface area contributed by atoms with E-state index < -0.39 is 5.60 Å². The molecule has 1 aromatic heterocycles. The molecule has 1 saturated heterocycles. The van der Waals surface area contributed by atoms with E-state index in [0.29, 0.717) is 71.2 Å². The Morgan fingerprint density at radius 3 is 2.60 bits per heavy atom. The number of piperidine rings is 1. The molecule has 4 fully saturated rings. The Balaban J connectivity index is 1.22. The lowest BCUT2D eigenvalue weighted by molar-refractivity contribution is -0.108. The monoisotopic (exact) mass is 589 g/mol. The van der Waals surface area contributed by atoms with Crippen LogP contribution in [0.3, 0.4) is 0 Å². The average molecular weight is 590 g/mol. The van der Waals surface area contributed by atoms with Crippen LogP contribution in [0, 0.1) is 29.0 Å². The number of rotatable bonds is 6. The largest absolute Gasteiger partial charge is 0.497 e. The van der Waals surface area contributed by atoms with Gasteiger partial charge in [0.25, 0.3) is 5.56 Å². The van der Waals surface area contributed by atoms with Gasteiger partial charge in [0.2, 0.25) is 0 Å². The number of likely N-dealkylation sites (tertiary alicyclic amines) is 1. The second kappa shape index (κ2) is 11.2. The van der Waals surface area contributed by atoms with Crippen molar-refractivity contribution >= 4 is 22.5 Å². The van der Waals surface area contributed by atoms with E-state index in [1.54, 1.807) is 18.2 Å². The van der Waals surface area contributed by atoms with E-state index in [9.17, 15) is 14.3 Å². The highest BCUT2D eigenvalue weighted by molar-refractivity contribution is 5.96. The molecule has 2 bridgehead atoms. The molecule has 2 heterocycles. The summed E-state index contributed by atoms with van der Waals surface area (Å²) < 4.78 is 21.0. The van der Waals surface area contributed by atoms with Crippen molar-refractivity contribution in [2.45, 2.75) is 78.0 Å². The molecule has 0 radical (unpaired) electrons. The maximum absolute atomic E-state index is 14.4. The van der Waals surface area contributed by atoms with Gasteiger partial charge in [0.05, 0.1) is 36.0 Å². The van der Waals surface area contributed by atoms with E-state index in [0.717, 1.165) is 31.2 Å². The van der Waals surface area contributed by atoms with E-state index in [1.165, 1.54) is 30.5 Å². The van der Waals surface area contributed by atoms with Crippen LogP contribution in [0.2, 0.25) is 0 Å². The number of ether oxygens (including phenoxy) is 1. The number of guanidine groups is 1. The molecule has 0 amide bonds. The number of aliphatic imine (C=N–C) groups is 1. The minimum absolute atomic E-state index is 0.157. The summed E-state index contributed by atoms with van der Waals surface area (Å²) in [6, 6.07) is 10.6. The van der Waals surface area contributed by atoms with Crippen LogP contribution < -0.4 is 15.6 Å². The maximum atomic E-state index is 14.4. The van der Waals surface area contributed by atoms with Gasteiger partial charge in [-0.15, -0.1) is 0 Å². The number of halogens is 1. The number of methoxy groups -OCH3 is 1. The molecular weight excluding hydrogens is 545 g/mol. The lowest BCUT2D eigenvalue weighted by Crippen LogP contribution is -2.57. The molecule has 2 N–H and O–H groups in total. The van der Waals surface area contributed by atoms with Gasteiger partial charge in [-0.25, -0.2) is 14.4 Å². The van der Waals surface area contributed by atoms with Crippen molar-refractivity contribution in [3.63, 3.8) is 0 Å². The highest BCUT2D eigenvalue weighted by Crippen LogP contribution is 2.61. The zero-order valence-corrected chi connectivity index (χ0v) is 25.9. The highest BCUT2D eigenvalue weighted by atomic mass is 19.1. The Morgan fingerprint density at radius 1 is 1.16 bits per heavy atom. The summed E-state index contributed by atoms with van der Waals surface area (Å²) in [7, 11) is 1.50. The van der Waals surface area contributed by atoms with Gasteiger partial charge >= 0.3 is 0 Å². The number of aliphatic hydroxyl groups is 1. The van der Waals surface area contributed by atoms with Gasteiger partial charge in [-0.1, -0.05) is 26.8 Å². The predicted molar refractivity (Wildman–Crippen MR) is 168 cm³/mol. The minimum Gasteiger partial charge on any atom is -0.497 e. The smallest absolute Gasteiger partial charge is 0.261 e. The highest BCUT2D eigenvalue weighted by Gasteiger charge is 2.56. The van der Waals surface area contributed by atoms with E-state index >= 15 is 0 Å². The van der Waals surface area contributed by atoms with Gasteiger partial charge in [0, 0.05) is 31.4 Å². The number of fused-ring (bicyclic) bond motifs is 3. The molecule has 43 heavy (non-hydrogen) atoms. The number of hydrogen-bond donors (Lipinski definition) is 2. The third kappa shape index (κ3) is 5.76. The molecule has 3 aromatic rings. The van der Waals surface area contributed by atoms with E-state index in [-0.39, 0.29) is 17.4 Å². The number of nitrogens with zero attached hydrogens (tertiary/aromatic N) is 4. The number of benzene rings is 2. The number of hydrogen-bond acceptors (Lipinski definition) is 5. The summed E-state index contributed by atoms with van der Waals surface area (Å²) in [4.78, 5) is 25.5. The Kier molecular flexibility index (Phi) is 7.73. The van der Waals surface area contributed by atoms with Gasteiger partial charge in [-0.2, -0.15) is 0 Å². The zero-order chi connectivity index (χ0) is 30.5. The lowest BCUT2D eigenvalue weighted by Gasteiger charge is -2.61. The third-order valence-electron chi connectivity index (χ3n) is 10.7. The van der Waals surface area contributed by atoms with Gasteiger partial charge in [0.1, 0.15) is 11.6 Å². The molecular formula is C34H44FN5O3. The summed E-state index contributed by atoms with van der Waals surface area (Å²) in [5.41, 5.74) is 1.52. The number of aromatic nitrogens is 2. The molecule has 0 unspecified atom stereocenters. The molecule has 4 aliphatic rings. The Labute approximate surface area is 253 Å². The lowest BCUT2D eigenvalue weighted by atomic mass is 9.45. The van der Waals surface area contributed by atoms with Crippen molar-refractivity contribution in [2.75, 3.05) is 25.5 Å². The topological polar surface area (TPSA) is 92.0 Å². The average Bonchev–Trinajstić information content (AvgIpc) is 2.97. The van der Waals surface area contributed by atoms with E-state index in [4.69, 9.17) is 9.73 Å². The second-order valence-corrected chi connectivity index (χ2v) is 13.8. The fraction of sp³-hybridized carbons (Fsp3) is 0.559. The first kappa shape index (κ1) is 29.6. The van der Waals surface area contributed by atoms with Crippen molar-refractivity contribution in [3.05, 3.63) is 64.5 Å². The summed E-state index contributed by atoms with van der Waals surface area (Å²) in [5, 5.41) is 14.7. The molecule has 4 atom stereocenters. The fourth-order valence-corrected chi connectivity index (χ4v) is 7.47. The van der Waals surface area contributed by atoms with Gasteiger partial charge < -0.3 is 20.1 Å². The Morgan fingerprint density at radius 2 is 1.93 bits per heavy atom. The Hall–Kier alpha value is -3.46. The second-order valence-electron chi connectivity index (χ2n) is 13.8. The van der Waals surface area contributed by atoms with Crippen molar-refractivity contribution in [1.29, 1.82) is 0 Å². The molecule has 230 valence electrons. The molecule has 9 heteroatoms. The van der Waals surface area contributed by atoms with E-state index in [2.05, 4.69) is 36.0 Å². The summed E-state index contributed by atoms with van der Waals surface area (Å²) in [6.07, 6.45) is 5.68. The van der Waals surface area contributed by atoms with Crippen molar-refractivity contribution in [1.82, 2.24) is 14.5 Å². The van der Waals surface area contributed by atoms with Crippen LogP contribution in [0.25, 0.3) is 10.9 Å². The van der Waals surface area contributed by atoms with Gasteiger partial charge in [-0.05, 0) is 92.0 Å². The first-order valence-corrected chi connectivity index (χ1v) is 15.6. The normalized spacial score (nSPS) is 26.2. The number of nitrogens with one attached hydrogen (secondary N) is 1. The third-order valence-corrected chi connectivity index (χ3v) is 10.7. The van der Waals surface area contributed by atoms with E-state index in [1.807, 2.05) is 19.1 Å². The summed E-state index contributed by atoms with van der Waals surface area (Å²) >= 11 is 0. The van der Waals surface area contributed by atoms with Crippen molar-refractivity contribution in [3.8, 4) is 5.75 Å². The number of aryl methyl sites for hydroxylation is 2. The quantitative estimate of drug-likeness (QED) is 0.293. The molecule has 2 aromatic carbocycles. The van der Waals surface area contributed by atoms with Crippen LogP contribution >= 0.6 is 0 Å². The Bertz CT molecular complexity index is 1590. The predicted octanol–water partition coefficient (Wildman–Crippen LogP) is 5.47. The molecule has 8 nitrogen and oxygen atoms in total. The van der Waals surface area contributed by atoms with Crippen LogP contribution in [0.4, 0.5) is 10.1 Å². The zero-order valence-electron chi connectivity index (χ0n) is 25.9. The number of anilines is 1. The molecule has 3 aliphatic carbocycles. The SMILES string of the molecule is COc1ccc(CCn2cnc3cc(NC(=N[C@H]4C[C@H]5C[C@H]([C@H]4C)C5(C)C)N4CCC(C)(O)CC4)ccc3c2=O)c(F)c1. The standard InChI is InChI=1S/C34H44FN5O3/c1-21-27-16-23(33(27,2)3)17-29(21)38-32(39-14-11-34(4,42)12-15-39)37-24-7-9-26-30(18-24)36-20-40(31(26)41)13-10-22-6-8-25(43-5)19-28(22)35/h6-9,18-21,23,27,29,42H,10-17H2,1-5H3,(H,37,38)/t21-,23-,27-,29+/m1/s1. The van der Waals surface area contributed by atoms with Crippen LogP contribution in [0.15, 0.2) is 52.5 Å². The fourth-order valence-electron chi connectivity index (χ4n) is 7.47. The summed E-state index contributed by atoms with van der Waals surface area (Å²) in [6.45, 7) is 10.8. The minimum atomic E-state index is -0.655. The molecule has 3 saturated carbocycles. The van der Waals surface area contributed by atoms with Gasteiger partial charge in [0.15, 0.2) is 5.96 Å². The van der Waals surface area contributed by atoms with Crippen LogP contribution in [-0.2, 0) is 13.0 Å². The van der Waals surface area contributed by atoms with Crippen molar-refractivity contribution in [2.24, 2.45) is 28.2 Å². The van der Waals surface area contributed by atoms with Crippen LogP contribution in [-0.4, -0.2) is 57.4 Å². The molecule has 0 spiro atoms. The molecule has 7 rings (SSSR count). The van der Waals surface area contributed by atoms with Crippen molar-refractivity contribution < 1.29 is 14.2 Å². The van der Waals surface area contributed by atoms with Gasteiger partial charge in [-0.3, -0.25) is 9.36 Å². The first-order valence-electron chi connectivity index (χ1n) is 15.6.